The van der Waals surface area contributed by atoms with Gasteiger partial charge in [0.05, 0.1) is 0 Å². The SMILES string of the molecule is CCc1cccc(SC)c1S(=O)(=O)OCO[PH+]=O. The zero-order valence-corrected chi connectivity index (χ0v) is 12.6. The van der Waals surface area contributed by atoms with E-state index < -0.39 is 25.6 Å². The molecule has 1 rings (SSSR count). The third kappa shape index (κ3) is 3.76. The van der Waals surface area contributed by atoms with Crippen LogP contribution in [0.2, 0.25) is 0 Å². The molecule has 18 heavy (non-hydrogen) atoms. The largest absolute Gasteiger partial charge is 0.496 e. The summed E-state index contributed by atoms with van der Waals surface area (Å²) < 4.78 is 43.3. The van der Waals surface area contributed by atoms with E-state index in [1.807, 2.05) is 6.92 Å². The molecule has 0 fully saturated rings. The van der Waals surface area contributed by atoms with Crippen molar-refractivity contribution in [3.63, 3.8) is 0 Å². The van der Waals surface area contributed by atoms with Gasteiger partial charge in [-0.15, -0.1) is 16.3 Å². The Morgan fingerprint density at radius 1 is 1.39 bits per heavy atom. The zero-order valence-electron chi connectivity index (χ0n) is 10.0. The van der Waals surface area contributed by atoms with Crippen LogP contribution in [0, 0.1) is 0 Å². The Kier molecular flexibility index (Phi) is 6.25. The van der Waals surface area contributed by atoms with Crippen molar-refractivity contribution in [2.45, 2.75) is 23.1 Å². The Morgan fingerprint density at radius 2 is 2.11 bits per heavy atom. The Bertz CT molecular complexity index is 493. The smallest absolute Gasteiger partial charge is 0.232 e. The molecule has 5 nitrogen and oxygen atoms in total. The predicted molar refractivity (Wildman–Crippen MR) is 70.8 cm³/mol. The lowest BCUT2D eigenvalue weighted by Crippen LogP contribution is -2.11. The molecule has 0 bridgehead atoms. The lowest BCUT2D eigenvalue weighted by Gasteiger charge is -2.11. The summed E-state index contributed by atoms with van der Waals surface area (Å²) in [5.74, 6) is 0. The second-order valence-corrected chi connectivity index (χ2v) is 6.08. The van der Waals surface area contributed by atoms with Crippen molar-refractivity contribution >= 4 is 30.6 Å². The van der Waals surface area contributed by atoms with Gasteiger partial charge in [0.1, 0.15) is 4.90 Å². The Labute approximate surface area is 112 Å². The fourth-order valence-electron chi connectivity index (χ4n) is 1.45. The molecule has 8 heteroatoms. The molecule has 0 aliphatic carbocycles. The number of hydrogen-bond donors (Lipinski definition) is 0. The number of benzene rings is 1. The van der Waals surface area contributed by atoms with Gasteiger partial charge in [-0.3, -0.25) is 0 Å². The molecule has 0 radical (unpaired) electrons. The first-order valence-electron chi connectivity index (χ1n) is 5.11. The predicted octanol–water partition coefficient (Wildman–Crippen LogP) is 2.59. The number of hydrogen-bond acceptors (Lipinski definition) is 6. The van der Waals surface area contributed by atoms with Crippen molar-refractivity contribution in [3.05, 3.63) is 23.8 Å². The summed E-state index contributed by atoms with van der Waals surface area (Å²) in [4.78, 5) is 0.789. The van der Waals surface area contributed by atoms with Gasteiger partial charge in [-0.25, -0.2) is 4.18 Å². The summed E-state index contributed by atoms with van der Waals surface area (Å²) in [6, 6.07) is 5.27. The molecule has 0 saturated heterocycles. The molecule has 0 aliphatic rings. The minimum absolute atomic E-state index is 0.165. The van der Waals surface area contributed by atoms with Crippen LogP contribution in [0.1, 0.15) is 12.5 Å². The van der Waals surface area contributed by atoms with E-state index in [2.05, 4.69) is 8.71 Å². The van der Waals surface area contributed by atoms with Gasteiger partial charge in [-0.1, -0.05) is 19.1 Å². The number of aryl methyl sites for hydroxylation is 1. The normalized spacial score (nSPS) is 11.9. The molecule has 1 aromatic carbocycles. The van der Waals surface area contributed by atoms with Crippen LogP contribution in [-0.4, -0.2) is 21.5 Å². The van der Waals surface area contributed by atoms with Crippen LogP contribution in [-0.2, 0) is 29.8 Å². The summed E-state index contributed by atoms with van der Waals surface area (Å²) in [6.45, 7) is 1.32. The Hall–Kier alpha value is -0.460. The number of thioether (sulfide) groups is 1. The minimum atomic E-state index is -3.90. The highest BCUT2D eigenvalue weighted by molar-refractivity contribution is 7.99. The van der Waals surface area contributed by atoms with Gasteiger partial charge in [0.2, 0.25) is 6.79 Å². The van der Waals surface area contributed by atoms with E-state index in [-0.39, 0.29) is 4.90 Å². The fourth-order valence-corrected chi connectivity index (χ4v) is 3.87. The first-order valence-corrected chi connectivity index (χ1v) is 8.56. The summed E-state index contributed by atoms with van der Waals surface area (Å²) in [6.07, 6.45) is 2.37. The average Bonchev–Trinajstić information content (AvgIpc) is 2.37. The highest BCUT2D eigenvalue weighted by atomic mass is 32.2. The van der Waals surface area contributed by atoms with Crippen LogP contribution in [0.3, 0.4) is 0 Å². The standard InChI is InChI=1S/C10H14O5PS2/c1-3-8-5-4-6-9(17-2)10(8)18(12,13)15-7-14-16-11/h4-6,16H,3,7H2,1-2H3/q+1. The van der Waals surface area contributed by atoms with E-state index >= 15 is 0 Å². The van der Waals surface area contributed by atoms with Gasteiger partial charge in [0.15, 0.2) is 0 Å². The molecule has 0 aromatic heterocycles. The van der Waals surface area contributed by atoms with Crippen LogP contribution >= 0.6 is 20.4 Å². The van der Waals surface area contributed by atoms with E-state index in [1.165, 1.54) is 11.8 Å². The van der Waals surface area contributed by atoms with E-state index in [1.54, 1.807) is 24.5 Å². The van der Waals surface area contributed by atoms with Crippen LogP contribution in [0.4, 0.5) is 0 Å². The van der Waals surface area contributed by atoms with Gasteiger partial charge >= 0.3 is 18.8 Å². The van der Waals surface area contributed by atoms with E-state index in [9.17, 15) is 13.0 Å². The quantitative estimate of drug-likeness (QED) is 0.253. The summed E-state index contributed by atoms with van der Waals surface area (Å²) >= 11 is 1.33. The van der Waals surface area contributed by atoms with Crippen molar-refractivity contribution in [3.8, 4) is 0 Å². The van der Waals surface area contributed by atoms with Crippen LogP contribution in [0.25, 0.3) is 0 Å². The topological polar surface area (TPSA) is 69.7 Å². The monoisotopic (exact) mass is 309 g/mol. The second kappa shape index (κ2) is 7.21. The molecule has 0 saturated carbocycles. The lowest BCUT2D eigenvalue weighted by atomic mass is 10.2. The van der Waals surface area contributed by atoms with Crippen molar-refractivity contribution in [1.29, 1.82) is 0 Å². The van der Waals surface area contributed by atoms with E-state index in [4.69, 9.17) is 0 Å². The molecule has 0 heterocycles. The molecule has 0 amide bonds. The van der Waals surface area contributed by atoms with Crippen LogP contribution < -0.4 is 0 Å². The molecule has 0 aliphatic heterocycles. The Balaban J connectivity index is 3.17. The van der Waals surface area contributed by atoms with Crippen molar-refractivity contribution in [2.24, 2.45) is 0 Å². The average molecular weight is 309 g/mol. The van der Waals surface area contributed by atoms with Gasteiger partial charge in [-0.05, 0) is 28.9 Å². The zero-order chi connectivity index (χ0) is 13.6. The van der Waals surface area contributed by atoms with Gasteiger partial charge in [-0.2, -0.15) is 8.42 Å². The maximum Gasteiger partial charge on any atom is 0.496 e. The number of rotatable bonds is 7. The molecule has 0 spiro atoms. The van der Waals surface area contributed by atoms with Crippen LogP contribution in [0.15, 0.2) is 28.0 Å². The molecular weight excluding hydrogens is 295 g/mol. The molecule has 1 unspecified atom stereocenters. The third-order valence-electron chi connectivity index (χ3n) is 2.23. The van der Waals surface area contributed by atoms with E-state index in [0.717, 1.165) is 0 Å². The van der Waals surface area contributed by atoms with Gasteiger partial charge in [0.25, 0.3) is 0 Å². The highest BCUT2D eigenvalue weighted by Crippen LogP contribution is 2.29. The van der Waals surface area contributed by atoms with Gasteiger partial charge in [0, 0.05) is 4.90 Å². The fraction of sp³-hybridized carbons (Fsp3) is 0.400. The third-order valence-corrected chi connectivity index (χ3v) is 4.77. The highest BCUT2D eigenvalue weighted by Gasteiger charge is 2.23. The first kappa shape index (κ1) is 15.6. The molecule has 1 aromatic rings. The summed E-state index contributed by atoms with van der Waals surface area (Å²) in [7, 11) is -4.95. The Morgan fingerprint density at radius 3 is 2.67 bits per heavy atom. The second-order valence-electron chi connectivity index (χ2n) is 3.22. The molecule has 0 N–H and O–H groups in total. The lowest BCUT2D eigenvalue weighted by molar-refractivity contribution is 0.139. The van der Waals surface area contributed by atoms with Crippen LogP contribution in [0.5, 0.6) is 0 Å². The van der Waals surface area contributed by atoms with Crippen molar-refractivity contribution < 1.29 is 21.7 Å². The van der Waals surface area contributed by atoms with Gasteiger partial charge < -0.3 is 0 Å². The summed E-state index contributed by atoms with van der Waals surface area (Å²) in [5, 5.41) is 0. The first-order chi connectivity index (χ1) is 8.56. The molecule has 100 valence electrons. The molecular formula is C10H14O5PS2+. The van der Waals surface area contributed by atoms with Crippen molar-refractivity contribution in [2.75, 3.05) is 13.0 Å². The maximum absolute atomic E-state index is 12.1. The molecule has 1 atom stereocenters. The minimum Gasteiger partial charge on any atom is -0.232 e. The maximum atomic E-state index is 12.1. The van der Waals surface area contributed by atoms with E-state index in [0.29, 0.717) is 16.9 Å². The summed E-state index contributed by atoms with van der Waals surface area (Å²) in [5.41, 5.74) is 0.687. The van der Waals surface area contributed by atoms with Crippen molar-refractivity contribution in [1.82, 2.24) is 0 Å².